The van der Waals surface area contributed by atoms with Crippen LogP contribution in [-0.4, -0.2) is 53.2 Å². The number of aromatic carboxylic acids is 1. The van der Waals surface area contributed by atoms with Gasteiger partial charge in [0.2, 0.25) is 0 Å². The van der Waals surface area contributed by atoms with Crippen molar-refractivity contribution in [3.63, 3.8) is 0 Å². The van der Waals surface area contributed by atoms with Crippen LogP contribution in [0.15, 0.2) is 18.3 Å². The van der Waals surface area contributed by atoms with Crippen molar-refractivity contribution in [3.05, 3.63) is 29.6 Å². The summed E-state index contributed by atoms with van der Waals surface area (Å²) in [6.07, 6.45) is 3.95. The van der Waals surface area contributed by atoms with E-state index in [0.717, 1.165) is 12.1 Å². The lowest BCUT2D eigenvalue weighted by molar-refractivity contribution is 0.0690. The molecule has 114 valence electrons. The summed E-state index contributed by atoms with van der Waals surface area (Å²) in [7, 11) is 2.06. The molecule has 0 radical (unpaired) electrons. The Balaban J connectivity index is 1.64. The third-order valence-corrected chi connectivity index (χ3v) is 3.42. The predicted octanol–water partition coefficient (Wildman–Crippen LogP) is 0.673. The van der Waals surface area contributed by atoms with Crippen LogP contribution < -0.4 is 10.6 Å². The lowest BCUT2D eigenvalue weighted by Crippen LogP contribution is -2.39. The van der Waals surface area contributed by atoms with Gasteiger partial charge in [0.05, 0.1) is 0 Å². The first-order chi connectivity index (χ1) is 10.1. The summed E-state index contributed by atoms with van der Waals surface area (Å²) in [4.78, 5) is 28.3. The van der Waals surface area contributed by atoms with Crippen molar-refractivity contribution in [1.82, 2.24) is 20.5 Å². The topological polar surface area (TPSA) is 94.6 Å². The van der Waals surface area contributed by atoms with E-state index in [-0.39, 0.29) is 11.7 Å². The van der Waals surface area contributed by atoms with E-state index in [1.165, 1.54) is 25.1 Å². The van der Waals surface area contributed by atoms with Crippen LogP contribution in [0.2, 0.25) is 0 Å². The van der Waals surface area contributed by atoms with Crippen LogP contribution in [0, 0.1) is 0 Å². The highest BCUT2D eigenvalue weighted by Gasteiger charge is 2.25. The average molecular weight is 292 g/mol. The molecule has 1 fully saturated rings. The van der Waals surface area contributed by atoms with Crippen LogP contribution in [0.5, 0.6) is 0 Å². The van der Waals surface area contributed by atoms with Gasteiger partial charge in [-0.15, -0.1) is 0 Å². The maximum atomic E-state index is 11.6. The number of hydrogen-bond donors (Lipinski definition) is 3. The van der Waals surface area contributed by atoms with Gasteiger partial charge in [0.1, 0.15) is 5.69 Å². The second-order valence-electron chi connectivity index (χ2n) is 5.18. The second kappa shape index (κ2) is 7.03. The molecular weight excluding hydrogens is 272 g/mol. The third kappa shape index (κ3) is 5.03. The Morgan fingerprint density at radius 1 is 1.38 bits per heavy atom. The predicted molar refractivity (Wildman–Crippen MR) is 77.1 cm³/mol. The molecule has 0 spiro atoms. The van der Waals surface area contributed by atoms with Crippen molar-refractivity contribution in [2.45, 2.75) is 25.4 Å². The minimum Gasteiger partial charge on any atom is -0.477 e. The minimum absolute atomic E-state index is 0.00804. The normalized spacial score (nSPS) is 14.0. The summed E-state index contributed by atoms with van der Waals surface area (Å²) in [6.45, 7) is 1.76. The fourth-order valence-electron chi connectivity index (χ4n) is 1.94. The highest BCUT2D eigenvalue weighted by atomic mass is 16.4. The lowest BCUT2D eigenvalue weighted by Gasteiger charge is -2.15. The molecule has 0 bridgehead atoms. The summed E-state index contributed by atoms with van der Waals surface area (Å²) < 4.78 is 0. The Hall–Kier alpha value is -2.15. The molecule has 0 aromatic carbocycles. The van der Waals surface area contributed by atoms with E-state index in [4.69, 9.17) is 5.11 Å². The monoisotopic (exact) mass is 292 g/mol. The van der Waals surface area contributed by atoms with Crippen molar-refractivity contribution in [1.29, 1.82) is 0 Å². The molecule has 1 aliphatic carbocycles. The lowest BCUT2D eigenvalue weighted by atomic mass is 10.2. The van der Waals surface area contributed by atoms with Gasteiger partial charge in [0.15, 0.2) is 0 Å². The molecule has 2 amide bonds. The molecule has 0 unspecified atom stereocenters. The number of urea groups is 1. The van der Waals surface area contributed by atoms with Crippen LogP contribution in [-0.2, 0) is 6.54 Å². The van der Waals surface area contributed by atoms with Gasteiger partial charge in [-0.1, -0.05) is 6.07 Å². The standard InChI is InChI=1S/C14H20N4O3/c1-18(11-3-4-11)7-6-15-14(21)17-9-10-2-5-12(13(19)20)16-8-10/h2,5,8,11H,3-4,6-7,9H2,1H3,(H,19,20)(H2,15,17,21). The molecule has 1 heterocycles. The number of carboxylic acids is 1. The Kier molecular flexibility index (Phi) is 5.10. The van der Waals surface area contributed by atoms with E-state index in [9.17, 15) is 9.59 Å². The number of rotatable bonds is 7. The van der Waals surface area contributed by atoms with E-state index in [2.05, 4.69) is 27.6 Å². The molecule has 1 aromatic rings. The smallest absolute Gasteiger partial charge is 0.354 e. The van der Waals surface area contributed by atoms with Crippen molar-refractivity contribution in [2.75, 3.05) is 20.1 Å². The summed E-state index contributed by atoms with van der Waals surface area (Å²) in [5.74, 6) is -1.06. The molecule has 1 aromatic heterocycles. The van der Waals surface area contributed by atoms with Gasteiger partial charge in [0, 0.05) is 31.9 Å². The molecule has 21 heavy (non-hydrogen) atoms. The Bertz CT molecular complexity index is 499. The number of nitrogens with one attached hydrogen (secondary N) is 2. The van der Waals surface area contributed by atoms with E-state index in [1.807, 2.05) is 0 Å². The van der Waals surface area contributed by atoms with Gasteiger partial charge in [-0.3, -0.25) is 0 Å². The van der Waals surface area contributed by atoms with Gasteiger partial charge in [0.25, 0.3) is 0 Å². The first-order valence-electron chi connectivity index (χ1n) is 6.96. The molecule has 0 atom stereocenters. The molecular formula is C14H20N4O3. The zero-order chi connectivity index (χ0) is 15.2. The molecule has 3 N–H and O–H groups in total. The van der Waals surface area contributed by atoms with Crippen molar-refractivity contribution in [2.24, 2.45) is 0 Å². The number of amides is 2. The minimum atomic E-state index is -1.06. The fraction of sp³-hybridized carbons (Fsp3) is 0.500. The van der Waals surface area contributed by atoms with Gasteiger partial charge in [-0.05, 0) is 31.5 Å². The van der Waals surface area contributed by atoms with E-state index >= 15 is 0 Å². The number of hydrogen-bond acceptors (Lipinski definition) is 4. The maximum Gasteiger partial charge on any atom is 0.354 e. The van der Waals surface area contributed by atoms with E-state index < -0.39 is 5.97 Å². The van der Waals surface area contributed by atoms with Crippen LogP contribution in [0.3, 0.4) is 0 Å². The molecule has 7 heteroatoms. The fourth-order valence-corrected chi connectivity index (χ4v) is 1.94. The molecule has 1 saturated carbocycles. The van der Waals surface area contributed by atoms with Crippen molar-refractivity contribution in [3.8, 4) is 0 Å². The maximum absolute atomic E-state index is 11.6. The molecule has 0 saturated heterocycles. The third-order valence-electron chi connectivity index (χ3n) is 3.42. The van der Waals surface area contributed by atoms with Crippen molar-refractivity contribution < 1.29 is 14.7 Å². The van der Waals surface area contributed by atoms with Gasteiger partial charge >= 0.3 is 12.0 Å². The van der Waals surface area contributed by atoms with Crippen molar-refractivity contribution >= 4 is 12.0 Å². The zero-order valence-corrected chi connectivity index (χ0v) is 12.0. The van der Waals surface area contributed by atoms with Gasteiger partial charge in [-0.25, -0.2) is 14.6 Å². The number of carbonyl (C=O) groups is 2. The zero-order valence-electron chi connectivity index (χ0n) is 12.0. The van der Waals surface area contributed by atoms with Gasteiger partial charge < -0.3 is 20.6 Å². The molecule has 0 aliphatic heterocycles. The SMILES string of the molecule is CN(CCNC(=O)NCc1ccc(C(=O)O)nc1)C1CC1. The number of carboxylic acid groups (broad SMARTS) is 1. The number of aromatic nitrogens is 1. The summed E-state index contributed by atoms with van der Waals surface area (Å²) in [6, 6.07) is 3.51. The summed E-state index contributed by atoms with van der Waals surface area (Å²) >= 11 is 0. The van der Waals surface area contributed by atoms with Gasteiger partial charge in [-0.2, -0.15) is 0 Å². The Labute approximate surface area is 123 Å². The van der Waals surface area contributed by atoms with E-state index in [1.54, 1.807) is 6.07 Å². The van der Waals surface area contributed by atoms with Crippen LogP contribution >= 0.6 is 0 Å². The van der Waals surface area contributed by atoms with Crippen LogP contribution in [0.1, 0.15) is 28.9 Å². The number of likely N-dealkylation sites (N-methyl/N-ethyl adjacent to an activating group) is 1. The first-order valence-corrected chi connectivity index (χ1v) is 6.96. The number of pyridine rings is 1. The highest BCUT2D eigenvalue weighted by Crippen LogP contribution is 2.24. The highest BCUT2D eigenvalue weighted by molar-refractivity contribution is 5.85. The second-order valence-corrected chi connectivity index (χ2v) is 5.18. The Morgan fingerprint density at radius 2 is 2.14 bits per heavy atom. The average Bonchev–Trinajstić information content (AvgIpc) is 3.30. The largest absolute Gasteiger partial charge is 0.477 e. The quantitative estimate of drug-likeness (QED) is 0.687. The van der Waals surface area contributed by atoms with Crippen LogP contribution in [0.4, 0.5) is 4.79 Å². The Morgan fingerprint density at radius 3 is 2.71 bits per heavy atom. The molecule has 1 aliphatic rings. The van der Waals surface area contributed by atoms with E-state index in [0.29, 0.717) is 19.1 Å². The number of nitrogens with zero attached hydrogens (tertiary/aromatic N) is 2. The van der Waals surface area contributed by atoms with Crippen LogP contribution in [0.25, 0.3) is 0 Å². The first kappa shape index (κ1) is 15.2. The molecule has 7 nitrogen and oxygen atoms in total. The molecule has 2 rings (SSSR count). The summed E-state index contributed by atoms with van der Waals surface area (Å²) in [5.41, 5.74) is 0.747. The summed E-state index contributed by atoms with van der Waals surface area (Å²) in [5, 5.41) is 14.2. The number of carbonyl (C=O) groups excluding carboxylic acids is 1.